The zero-order valence-corrected chi connectivity index (χ0v) is 13.5. The zero-order chi connectivity index (χ0) is 18.4. The molecule has 2 aromatic carbocycles. The molecule has 0 unspecified atom stereocenters. The highest BCUT2D eigenvalue weighted by molar-refractivity contribution is 6.34. The molecule has 2 amide bonds. The fourth-order valence-electron chi connectivity index (χ4n) is 1.93. The number of carbonyl (C=O) groups is 2. The molecule has 0 heterocycles. The summed E-state index contributed by atoms with van der Waals surface area (Å²) in [5.41, 5.74) is 2.34. The molecular weight excluding hydrogens is 348 g/mol. The first kappa shape index (κ1) is 18.1. The van der Waals surface area contributed by atoms with Gasteiger partial charge >= 0.3 is 0 Å². The van der Waals surface area contributed by atoms with Crippen LogP contribution in [0.5, 0.6) is 0 Å². The number of nitrogens with zero attached hydrogens (tertiary/aromatic N) is 1. The lowest BCUT2D eigenvalue weighted by atomic mass is 10.1. The standard InChI is InChI=1S/C16H13ClN4O4/c17-13-4-2-1-3-12(13)15(22)19-14(16(23)20-18)9-10-5-7-11(8-6-10)21(24)25/h1-9H,18H2,(H,19,22)(H,20,23). The summed E-state index contributed by atoms with van der Waals surface area (Å²) in [6.07, 6.45) is 1.33. The molecule has 0 atom stereocenters. The topological polar surface area (TPSA) is 127 Å². The quantitative estimate of drug-likeness (QED) is 0.247. The molecule has 128 valence electrons. The number of nitrogens with one attached hydrogen (secondary N) is 2. The van der Waals surface area contributed by atoms with Gasteiger partial charge in [-0.25, -0.2) is 5.84 Å². The number of rotatable bonds is 5. The van der Waals surface area contributed by atoms with Crippen molar-refractivity contribution in [3.05, 3.63) is 80.5 Å². The lowest BCUT2D eigenvalue weighted by Crippen LogP contribution is -2.38. The van der Waals surface area contributed by atoms with Crippen molar-refractivity contribution in [2.75, 3.05) is 0 Å². The van der Waals surface area contributed by atoms with E-state index in [1.165, 1.54) is 36.4 Å². The fraction of sp³-hybridized carbons (Fsp3) is 0. The molecule has 0 saturated carbocycles. The Kier molecular flexibility index (Phi) is 5.83. The van der Waals surface area contributed by atoms with Crippen molar-refractivity contribution >= 4 is 35.2 Å². The van der Waals surface area contributed by atoms with E-state index >= 15 is 0 Å². The largest absolute Gasteiger partial charge is 0.317 e. The molecule has 9 heteroatoms. The lowest BCUT2D eigenvalue weighted by molar-refractivity contribution is -0.384. The zero-order valence-electron chi connectivity index (χ0n) is 12.7. The Bertz CT molecular complexity index is 849. The van der Waals surface area contributed by atoms with E-state index in [0.29, 0.717) is 5.56 Å². The van der Waals surface area contributed by atoms with Crippen LogP contribution >= 0.6 is 11.6 Å². The Labute approximate surface area is 147 Å². The molecule has 0 aromatic heterocycles. The molecule has 0 aliphatic carbocycles. The maximum atomic E-state index is 12.3. The number of non-ortho nitro benzene ring substituents is 1. The van der Waals surface area contributed by atoms with Crippen molar-refractivity contribution in [3.63, 3.8) is 0 Å². The van der Waals surface area contributed by atoms with Gasteiger partial charge in [-0.1, -0.05) is 23.7 Å². The van der Waals surface area contributed by atoms with Gasteiger partial charge < -0.3 is 5.32 Å². The molecule has 0 saturated heterocycles. The number of hydrogen-bond donors (Lipinski definition) is 3. The van der Waals surface area contributed by atoms with Crippen LogP contribution in [-0.4, -0.2) is 16.7 Å². The number of hydrazine groups is 1. The van der Waals surface area contributed by atoms with Crippen molar-refractivity contribution in [2.24, 2.45) is 5.84 Å². The van der Waals surface area contributed by atoms with Crippen molar-refractivity contribution in [2.45, 2.75) is 0 Å². The first-order valence-corrected chi connectivity index (χ1v) is 7.33. The van der Waals surface area contributed by atoms with Crippen LogP contribution in [0.4, 0.5) is 5.69 Å². The molecule has 2 rings (SSSR count). The van der Waals surface area contributed by atoms with E-state index in [0.717, 1.165) is 0 Å². The summed E-state index contributed by atoms with van der Waals surface area (Å²) < 4.78 is 0. The van der Waals surface area contributed by atoms with E-state index < -0.39 is 16.7 Å². The number of nitro benzene ring substituents is 1. The van der Waals surface area contributed by atoms with Crippen LogP contribution in [0.3, 0.4) is 0 Å². The van der Waals surface area contributed by atoms with Crippen molar-refractivity contribution in [3.8, 4) is 0 Å². The van der Waals surface area contributed by atoms with E-state index in [-0.39, 0.29) is 22.0 Å². The maximum absolute atomic E-state index is 12.3. The van der Waals surface area contributed by atoms with E-state index in [2.05, 4.69) is 5.32 Å². The van der Waals surface area contributed by atoms with Crippen LogP contribution in [0.1, 0.15) is 15.9 Å². The highest BCUT2D eigenvalue weighted by atomic mass is 35.5. The molecule has 0 bridgehead atoms. The molecule has 0 aliphatic rings. The monoisotopic (exact) mass is 360 g/mol. The molecule has 0 aliphatic heterocycles. The molecule has 25 heavy (non-hydrogen) atoms. The third-order valence-corrected chi connectivity index (χ3v) is 3.49. The smallest absolute Gasteiger partial charge is 0.281 e. The van der Waals surface area contributed by atoms with Gasteiger partial charge in [0.1, 0.15) is 5.70 Å². The molecular formula is C16H13ClN4O4. The van der Waals surface area contributed by atoms with Gasteiger partial charge in [0.2, 0.25) is 0 Å². The maximum Gasteiger partial charge on any atom is 0.281 e. The molecule has 2 aromatic rings. The summed E-state index contributed by atoms with van der Waals surface area (Å²) in [5, 5.41) is 13.3. The number of benzene rings is 2. The number of amides is 2. The fourth-order valence-corrected chi connectivity index (χ4v) is 2.15. The van der Waals surface area contributed by atoms with Gasteiger partial charge in [0, 0.05) is 12.1 Å². The van der Waals surface area contributed by atoms with Gasteiger partial charge in [-0.3, -0.25) is 25.1 Å². The summed E-state index contributed by atoms with van der Waals surface area (Å²) in [6, 6.07) is 11.8. The predicted octanol–water partition coefficient (Wildman–Crippen LogP) is 2.01. The van der Waals surface area contributed by atoms with Crippen LogP contribution in [-0.2, 0) is 4.79 Å². The molecule has 8 nitrogen and oxygen atoms in total. The lowest BCUT2D eigenvalue weighted by Gasteiger charge is -2.10. The molecule has 4 N–H and O–H groups in total. The number of halogens is 1. The predicted molar refractivity (Wildman–Crippen MR) is 92.3 cm³/mol. The Morgan fingerprint density at radius 2 is 1.76 bits per heavy atom. The summed E-state index contributed by atoms with van der Waals surface area (Å²) >= 11 is 5.95. The molecule has 0 radical (unpaired) electrons. The highest BCUT2D eigenvalue weighted by Gasteiger charge is 2.16. The minimum atomic E-state index is -0.737. The Balaban J connectivity index is 2.30. The van der Waals surface area contributed by atoms with Gasteiger partial charge in [0.05, 0.1) is 15.5 Å². The normalized spacial score (nSPS) is 10.9. The summed E-state index contributed by atoms with van der Waals surface area (Å²) in [6.45, 7) is 0. The Hall–Kier alpha value is -3.23. The van der Waals surface area contributed by atoms with Gasteiger partial charge in [-0.05, 0) is 35.9 Å². The van der Waals surface area contributed by atoms with E-state index in [1.807, 2.05) is 5.43 Å². The third-order valence-electron chi connectivity index (χ3n) is 3.16. The first-order valence-electron chi connectivity index (χ1n) is 6.95. The second kappa shape index (κ2) is 8.04. The van der Waals surface area contributed by atoms with Crippen LogP contribution < -0.4 is 16.6 Å². The molecule has 0 spiro atoms. The van der Waals surface area contributed by atoms with Crippen molar-refractivity contribution < 1.29 is 14.5 Å². The van der Waals surface area contributed by atoms with Gasteiger partial charge in [0.15, 0.2) is 0 Å². The van der Waals surface area contributed by atoms with Crippen molar-refractivity contribution in [1.82, 2.24) is 10.7 Å². The molecule has 0 fully saturated rings. The Morgan fingerprint density at radius 1 is 1.12 bits per heavy atom. The van der Waals surface area contributed by atoms with Gasteiger partial charge in [-0.15, -0.1) is 0 Å². The van der Waals surface area contributed by atoms with E-state index in [9.17, 15) is 19.7 Å². The van der Waals surface area contributed by atoms with Crippen LogP contribution in [0.2, 0.25) is 5.02 Å². The second-order valence-electron chi connectivity index (χ2n) is 4.81. The van der Waals surface area contributed by atoms with Gasteiger partial charge in [0.25, 0.3) is 17.5 Å². The van der Waals surface area contributed by atoms with Crippen LogP contribution in [0.25, 0.3) is 6.08 Å². The minimum absolute atomic E-state index is 0.0953. The van der Waals surface area contributed by atoms with E-state index in [1.54, 1.807) is 18.2 Å². The highest BCUT2D eigenvalue weighted by Crippen LogP contribution is 2.16. The number of nitrogens with two attached hydrogens (primary N) is 1. The van der Waals surface area contributed by atoms with Crippen molar-refractivity contribution in [1.29, 1.82) is 0 Å². The first-order chi connectivity index (χ1) is 11.9. The number of nitro groups is 1. The average molecular weight is 361 g/mol. The summed E-state index contributed by atoms with van der Waals surface area (Å²) in [7, 11) is 0. The average Bonchev–Trinajstić information content (AvgIpc) is 2.61. The summed E-state index contributed by atoms with van der Waals surface area (Å²) in [5.74, 6) is 3.80. The number of carbonyl (C=O) groups excluding carboxylic acids is 2. The number of hydrogen-bond acceptors (Lipinski definition) is 5. The van der Waals surface area contributed by atoms with Gasteiger partial charge in [-0.2, -0.15) is 0 Å². The SMILES string of the molecule is NNC(=O)C(=Cc1ccc([N+](=O)[O-])cc1)NC(=O)c1ccccc1Cl. The van der Waals surface area contributed by atoms with Crippen LogP contribution in [0.15, 0.2) is 54.2 Å². The Morgan fingerprint density at radius 3 is 2.32 bits per heavy atom. The van der Waals surface area contributed by atoms with E-state index in [4.69, 9.17) is 17.4 Å². The minimum Gasteiger partial charge on any atom is -0.317 e. The second-order valence-corrected chi connectivity index (χ2v) is 5.22. The summed E-state index contributed by atoms with van der Waals surface area (Å²) in [4.78, 5) is 34.3. The third kappa shape index (κ3) is 4.63. The van der Waals surface area contributed by atoms with Crippen LogP contribution in [0, 0.1) is 10.1 Å².